The summed E-state index contributed by atoms with van der Waals surface area (Å²) in [7, 11) is -3.29. The highest BCUT2D eigenvalue weighted by Gasteiger charge is 2.43. The molecular weight excluding hydrogens is 373 g/mol. The van der Waals surface area contributed by atoms with Gasteiger partial charge in [-0.2, -0.15) is 4.31 Å². The summed E-state index contributed by atoms with van der Waals surface area (Å²) in [6.07, 6.45) is 2.41. The van der Waals surface area contributed by atoms with Crippen LogP contribution in [0.1, 0.15) is 44.7 Å². The number of fused-ring (bicyclic) bond motifs is 1. The lowest BCUT2D eigenvalue weighted by Gasteiger charge is -2.35. The Labute approximate surface area is 157 Å². The third-order valence-electron chi connectivity index (χ3n) is 5.25. The molecule has 2 atom stereocenters. The van der Waals surface area contributed by atoms with Crippen LogP contribution in [-0.2, 0) is 10.0 Å². The lowest BCUT2D eigenvalue weighted by molar-refractivity contribution is 0.0946. The lowest BCUT2D eigenvalue weighted by atomic mass is 10.0. The van der Waals surface area contributed by atoms with Gasteiger partial charge in [0.15, 0.2) is 5.82 Å². The quantitative estimate of drug-likeness (QED) is 0.790. The largest absolute Gasteiger partial charge is 0.390 e. The number of nitrogens with one attached hydrogen (secondary N) is 1. The van der Waals surface area contributed by atoms with E-state index in [0.29, 0.717) is 31.3 Å². The van der Waals surface area contributed by atoms with Gasteiger partial charge in [-0.15, -0.1) is 5.10 Å². The molecule has 10 heteroatoms. The maximum Gasteiger partial charge on any atom is 0.241 e. The number of aliphatic hydroxyl groups is 1. The Morgan fingerprint density at radius 3 is 2.70 bits per heavy atom. The van der Waals surface area contributed by atoms with E-state index >= 15 is 0 Å². The fourth-order valence-electron chi connectivity index (χ4n) is 3.50. The molecule has 148 valence electrons. The van der Waals surface area contributed by atoms with Crippen molar-refractivity contribution in [1.82, 2.24) is 18.9 Å². The lowest BCUT2D eigenvalue weighted by Crippen LogP contribution is -2.52. The molecule has 1 aliphatic carbocycles. The van der Waals surface area contributed by atoms with E-state index in [0.717, 1.165) is 5.69 Å². The monoisotopic (exact) mass is 397 g/mol. The first-order chi connectivity index (χ1) is 12.8. The van der Waals surface area contributed by atoms with Gasteiger partial charge in [0, 0.05) is 18.8 Å². The topological polar surface area (TPSA) is 99.8 Å². The van der Waals surface area contributed by atoms with Crippen LogP contribution in [0.25, 0.3) is 5.52 Å². The summed E-state index contributed by atoms with van der Waals surface area (Å²) < 4.78 is 41.6. The molecule has 1 aliphatic heterocycles. The minimum Gasteiger partial charge on any atom is -0.390 e. The van der Waals surface area contributed by atoms with Crippen molar-refractivity contribution in [2.45, 2.75) is 56.4 Å². The van der Waals surface area contributed by atoms with Crippen molar-refractivity contribution in [3.8, 4) is 0 Å². The average molecular weight is 397 g/mol. The molecule has 1 saturated carbocycles. The minimum absolute atomic E-state index is 0.0636. The third-order valence-corrected chi connectivity index (χ3v) is 7.62. The Kier molecular flexibility index (Phi) is 4.59. The van der Waals surface area contributed by atoms with Gasteiger partial charge in [-0.3, -0.25) is 0 Å². The molecule has 2 N–H and O–H groups in total. The second kappa shape index (κ2) is 6.68. The average Bonchev–Trinajstić information content (AvgIpc) is 3.42. The number of aliphatic hydroxyl groups excluding tert-OH is 1. The molecule has 4 rings (SSSR count). The highest BCUT2D eigenvalue weighted by molar-refractivity contribution is 7.90. The van der Waals surface area contributed by atoms with Crippen molar-refractivity contribution in [3.05, 3.63) is 23.8 Å². The third kappa shape index (κ3) is 3.41. The van der Waals surface area contributed by atoms with E-state index in [4.69, 9.17) is 0 Å². The van der Waals surface area contributed by atoms with Crippen LogP contribution < -0.4 is 5.32 Å². The summed E-state index contributed by atoms with van der Waals surface area (Å²) in [5.74, 6) is -0.00219. The normalized spacial score (nSPS) is 24.6. The number of piperidine rings is 1. The van der Waals surface area contributed by atoms with Crippen LogP contribution >= 0.6 is 0 Å². The molecule has 0 spiro atoms. The Balaban J connectivity index is 1.50. The van der Waals surface area contributed by atoms with Crippen LogP contribution in [0.15, 0.2) is 12.3 Å². The van der Waals surface area contributed by atoms with Gasteiger partial charge in [-0.25, -0.2) is 22.3 Å². The molecule has 3 heterocycles. The van der Waals surface area contributed by atoms with Gasteiger partial charge in [-0.05, 0) is 31.2 Å². The molecule has 8 nitrogen and oxygen atoms in total. The predicted molar refractivity (Wildman–Crippen MR) is 98.6 cm³/mol. The fourth-order valence-corrected chi connectivity index (χ4v) is 5.37. The molecule has 2 aromatic rings. The summed E-state index contributed by atoms with van der Waals surface area (Å²) in [5.41, 5.74) is 1.04. The molecule has 0 aromatic carbocycles. The molecule has 1 saturated heterocycles. The Hall–Kier alpha value is -1.78. The van der Waals surface area contributed by atoms with Crippen molar-refractivity contribution in [1.29, 1.82) is 0 Å². The number of sulfonamides is 1. The van der Waals surface area contributed by atoms with E-state index < -0.39 is 16.1 Å². The molecule has 0 radical (unpaired) electrons. The van der Waals surface area contributed by atoms with Crippen LogP contribution in [0, 0.1) is 5.82 Å². The molecule has 27 heavy (non-hydrogen) atoms. The van der Waals surface area contributed by atoms with Crippen LogP contribution in [0.3, 0.4) is 0 Å². The number of hydrogen-bond donors (Lipinski definition) is 2. The number of rotatable bonds is 5. The zero-order chi connectivity index (χ0) is 19.3. The molecular formula is C17H24FN5O3S. The van der Waals surface area contributed by atoms with Gasteiger partial charge in [0.1, 0.15) is 5.52 Å². The zero-order valence-corrected chi connectivity index (χ0v) is 16.2. The van der Waals surface area contributed by atoms with Crippen molar-refractivity contribution in [3.63, 3.8) is 0 Å². The summed E-state index contributed by atoms with van der Waals surface area (Å²) in [6.45, 7) is 4.33. The smallest absolute Gasteiger partial charge is 0.241 e. The zero-order valence-electron chi connectivity index (χ0n) is 15.3. The SMILES string of the molecule is CC(C)c1cc(F)c2cnc(N[C@@H]3CCN(S(=O)(=O)C4CC4)C[C@H]3O)nn12. The van der Waals surface area contributed by atoms with E-state index in [1.807, 2.05) is 13.8 Å². The van der Waals surface area contributed by atoms with Crippen molar-refractivity contribution >= 4 is 21.5 Å². The Bertz CT molecular complexity index is 957. The van der Waals surface area contributed by atoms with Gasteiger partial charge in [-0.1, -0.05) is 13.8 Å². The number of β-amino-alcohol motifs (C(OH)–C–C–N with tert-alkyl or cyclic N) is 1. The second-order valence-electron chi connectivity index (χ2n) is 7.66. The molecule has 2 aliphatic rings. The predicted octanol–water partition coefficient (Wildman–Crippen LogP) is 1.33. The Morgan fingerprint density at radius 1 is 1.33 bits per heavy atom. The van der Waals surface area contributed by atoms with Gasteiger partial charge in [0.2, 0.25) is 16.0 Å². The number of hydrogen-bond acceptors (Lipinski definition) is 6. The first kappa shape index (κ1) is 18.6. The van der Waals surface area contributed by atoms with Crippen molar-refractivity contribution in [2.75, 3.05) is 18.4 Å². The molecule has 0 unspecified atom stereocenters. The second-order valence-corrected chi connectivity index (χ2v) is 9.87. The van der Waals surface area contributed by atoms with E-state index in [1.165, 1.54) is 21.1 Å². The molecule has 2 aromatic heterocycles. The molecule has 0 amide bonds. The van der Waals surface area contributed by atoms with E-state index in [1.54, 1.807) is 0 Å². The number of aromatic nitrogens is 3. The highest BCUT2D eigenvalue weighted by atomic mass is 32.2. The van der Waals surface area contributed by atoms with Gasteiger partial charge in [0.05, 0.1) is 23.6 Å². The standard InChI is InChI=1S/C17H24FN5O3S/c1-10(2)14-7-12(18)15-8-19-17(21-23(14)15)20-13-5-6-22(9-16(13)24)27(25,26)11-3-4-11/h7-8,10-11,13,16,24H,3-6,9H2,1-2H3,(H,20,21)/t13-,16-/m1/s1. The van der Waals surface area contributed by atoms with Crippen molar-refractivity contribution in [2.24, 2.45) is 0 Å². The molecule has 2 fully saturated rings. The van der Waals surface area contributed by atoms with Gasteiger partial charge < -0.3 is 10.4 Å². The number of halogens is 1. The highest BCUT2D eigenvalue weighted by Crippen LogP contribution is 2.32. The van der Waals surface area contributed by atoms with E-state index in [2.05, 4.69) is 15.4 Å². The van der Waals surface area contributed by atoms with Gasteiger partial charge in [0.25, 0.3) is 0 Å². The van der Waals surface area contributed by atoms with Crippen LogP contribution in [0.2, 0.25) is 0 Å². The fraction of sp³-hybridized carbons (Fsp3) is 0.647. The van der Waals surface area contributed by atoms with Crippen molar-refractivity contribution < 1.29 is 17.9 Å². The maximum atomic E-state index is 14.0. The minimum atomic E-state index is -3.29. The van der Waals surface area contributed by atoms with E-state index in [-0.39, 0.29) is 35.5 Å². The first-order valence-electron chi connectivity index (χ1n) is 9.25. The summed E-state index contributed by atoms with van der Waals surface area (Å²) in [4.78, 5) is 4.15. The van der Waals surface area contributed by atoms with Crippen LogP contribution in [0.4, 0.5) is 10.3 Å². The maximum absolute atomic E-state index is 14.0. The first-order valence-corrected chi connectivity index (χ1v) is 10.8. The van der Waals surface area contributed by atoms with E-state index in [9.17, 15) is 17.9 Å². The van der Waals surface area contributed by atoms with Crippen LogP contribution in [0.5, 0.6) is 0 Å². The number of nitrogens with zero attached hydrogens (tertiary/aromatic N) is 4. The number of anilines is 1. The summed E-state index contributed by atoms with van der Waals surface area (Å²) in [6, 6.07) is 1.09. The summed E-state index contributed by atoms with van der Waals surface area (Å²) in [5, 5.41) is 17.6. The van der Waals surface area contributed by atoms with Crippen LogP contribution in [-0.4, -0.2) is 62.9 Å². The summed E-state index contributed by atoms with van der Waals surface area (Å²) >= 11 is 0. The van der Waals surface area contributed by atoms with Gasteiger partial charge >= 0.3 is 0 Å². The Morgan fingerprint density at radius 2 is 2.07 bits per heavy atom. The molecule has 0 bridgehead atoms.